The van der Waals surface area contributed by atoms with Gasteiger partial charge in [-0.1, -0.05) is 0 Å². The molecule has 1 unspecified atom stereocenters. The van der Waals surface area contributed by atoms with Crippen molar-refractivity contribution in [2.45, 2.75) is 31.8 Å². The average molecular weight is 429 g/mol. The Balaban J connectivity index is 1.62. The van der Waals surface area contributed by atoms with Crippen LogP contribution in [0.3, 0.4) is 0 Å². The van der Waals surface area contributed by atoms with Gasteiger partial charge in [0.2, 0.25) is 5.82 Å². The molecule has 1 saturated heterocycles. The highest BCUT2D eigenvalue weighted by atomic mass is 19.1. The number of halogens is 2. The van der Waals surface area contributed by atoms with E-state index in [1.54, 1.807) is 16.6 Å². The lowest BCUT2D eigenvalue weighted by Gasteiger charge is -2.35. The van der Waals surface area contributed by atoms with Crippen LogP contribution < -0.4 is 11.1 Å². The fourth-order valence-corrected chi connectivity index (χ4v) is 4.30. The Labute approximate surface area is 178 Å². The van der Waals surface area contributed by atoms with Crippen molar-refractivity contribution in [2.24, 2.45) is 10.7 Å². The molecule has 2 aliphatic rings. The van der Waals surface area contributed by atoms with Gasteiger partial charge < -0.3 is 16.0 Å². The highest BCUT2D eigenvalue weighted by Crippen LogP contribution is 2.27. The molecule has 2 atom stereocenters. The molecule has 3 N–H and O–H groups in total. The van der Waals surface area contributed by atoms with Gasteiger partial charge in [0, 0.05) is 43.0 Å². The Kier molecular flexibility index (Phi) is 5.81. The molecular formula is C21H25F2N7O. The number of nitrogens with zero attached hydrogens (tertiary/aromatic N) is 5. The van der Waals surface area contributed by atoms with E-state index in [1.807, 2.05) is 6.92 Å². The summed E-state index contributed by atoms with van der Waals surface area (Å²) in [4.78, 5) is 23.4. The van der Waals surface area contributed by atoms with Gasteiger partial charge in [-0.05, 0) is 38.4 Å². The van der Waals surface area contributed by atoms with Crippen LogP contribution in [0.4, 0.5) is 8.78 Å². The van der Waals surface area contributed by atoms with Gasteiger partial charge in [0.15, 0.2) is 0 Å². The molecule has 164 valence electrons. The first-order chi connectivity index (χ1) is 14.9. The molecule has 0 saturated carbocycles. The van der Waals surface area contributed by atoms with E-state index in [0.29, 0.717) is 35.5 Å². The molecule has 2 aromatic rings. The highest BCUT2D eigenvalue weighted by molar-refractivity contribution is 6.13. The third-order valence-corrected chi connectivity index (χ3v) is 5.92. The van der Waals surface area contributed by atoms with E-state index in [2.05, 4.69) is 20.4 Å². The quantitative estimate of drug-likeness (QED) is 0.720. The van der Waals surface area contributed by atoms with Crippen LogP contribution in [0.25, 0.3) is 0 Å². The Hall–Kier alpha value is -3.14. The van der Waals surface area contributed by atoms with Crippen molar-refractivity contribution in [1.29, 1.82) is 0 Å². The lowest BCUT2D eigenvalue weighted by Crippen LogP contribution is -2.47. The van der Waals surface area contributed by atoms with Crippen molar-refractivity contribution in [3.63, 3.8) is 0 Å². The standard InChI is InChI=1S/C21H25F2N7O/c1-12-18(24)17(19(25-2)13-7-14(22)9-15(23)8-13)4-6-29(12)21(31)20-27-11-28-30(20)16-3-5-26-10-16/h7-9,11-12,16,26H,3-6,10,24H2,1-2H3/t12-,16?/m0/s1. The summed E-state index contributed by atoms with van der Waals surface area (Å²) in [5.41, 5.74) is 8.29. The van der Waals surface area contributed by atoms with Crippen LogP contribution in [0.15, 0.2) is 40.8 Å². The van der Waals surface area contributed by atoms with Gasteiger partial charge in [-0.15, -0.1) is 0 Å². The van der Waals surface area contributed by atoms with Gasteiger partial charge in [-0.3, -0.25) is 9.79 Å². The molecule has 3 heterocycles. The summed E-state index contributed by atoms with van der Waals surface area (Å²) in [6.07, 6.45) is 2.68. The van der Waals surface area contributed by atoms with Crippen LogP contribution in [-0.2, 0) is 0 Å². The number of carbonyl (C=O) groups excluding carboxylic acids is 1. The number of hydrogen-bond donors (Lipinski definition) is 2. The normalized spacial score (nSPS) is 22.3. The van der Waals surface area contributed by atoms with E-state index >= 15 is 0 Å². The van der Waals surface area contributed by atoms with Gasteiger partial charge in [-0.25, -0.2) is 18.4 Å². The topological polar surface area (TPSA) is 101 Å². The highest BCUT2D eigenvalue weighted by Gasteiger charge is 2.34. The molecular weight excluding hydrogens is 404 g/mol. The molecule has 1 amide bonds. The Morgan fingerprint density at radius 2 is 2.03 bits per heavy atom. The maximum absolute atomic E-state index is 13.7. The number of nitrogens with two attached hydrogens (primary N) is 1. The molecule has 1 aromatic carbocycles. The Morgan fingerprint density at radius 3 is 2.68 bits per heavy atom. The minimum Gasteiger partial charge on any atom is -0.400 e. The summed E-state index contributed by atoms with van der Waals surface area (Å²) in [5.74, 6) is -1.33. The minimum absolute atomic E-state index is 0.0895. The fourth-order valence-electron chi connectivity index (χ4n) is 4.30. The van der Waals surface area contributed by atoms with Crippen molar-refractivity contribution < 1.29 is 13.6 Å². The van der Waals surface area contributed by atoms with Crippen molar-refractivity contribution >= 4 is 11.6 Å². The SMILES string of the molecule is CN=C(C1=C(N)[C@H](C)N(C(=O)c2ncnn2C2CCNC2)CC1)c1cc(F)cc(F)c1. The number of hydrogen-bond acceptors (Lipinski definition) is 6. The van der Waals surface area contributed by atoms with E-state index < -0.39 is 17.7 Å². The zero-order valence-corrected chi connectivity index (χ0v) is 17.5. The molecule has 0 radical (unpaired) electrons. The second-order valence-electron chi connectivity index (χ2n) is 7.76. The maximum atomic E-state index is 13.7. The summed E-state index contributed by atoms with van der Waals surface area (Å²) in [5, 5.41) is 7.52. The third-order valence-electron chi connectivity index (χ3n) is 5.92. The minimum atomic E-state index is -0.684. The number of carbonyl (C=O) groups is 1. The first-order valence-electron chi connectivity index (χ1n) is 10.2. The van der Waals surface area contributed by atoms with Gasteiger partial charge in [0.05, 0.1) is 17.8 Å². The van der Waals surface area contributed by atoms with Gasteiger partial charge in [0.25, 0.3) is 5.91 Å². The Morgan fingerprint density at radius 1 is 1.29 bits per heavy atom. The molecule has 10 heteroatoms. The monoisotopic (exact) mass is 429 g/mol. The summed E-state index contributed by atoms with van der Waals surface area (Å²) in [6.45, 7) is 3.81. The van der Waals surface area contributed by atoms with E-state index in [1.165, 1.54) is 18.5 Å². The number of rotatable bonds is 4. The number of amides is 1. The lowest BCUT2D eigenvalue weighted by atomic mass is 9.91. The predicted octanol–water partition coefficient (Wildman–Crippen LogP) is 1.66. The summed E-state index contributed by atoms with van der Waals surface area (Å²) < 4.78 is 29.2. The second kappa shape index (κ2) is 8.54. The van der Waals surface area contributed by atoms with E-state index in [0.717, 1.165) is 25.6 Å². The summed E-state index contributed by atoms with van der Waals surface area (Å²) in [7, 11) is 1.55. The molecule has 4 rings (SSSR count). The van der Waals surface area contributed by atoms with Crippen molar-refractivity contribution in [3.05, 3.63) is 58.8 Å². The number of aromatic nitrogens is 3. The van der Waals surface area contributed by atoms with Crippen LogP contribution in [0, 0.1) is 11.6 Å². The zero-order valence-electron chi connectivity index (χ0n) is 17.5. The Bertz CT molecular complexity index is 1040. The predicted molar refractivity (Wildman–Crippen MR) is 112 cm³/mol. The summed E-state index contributed by atoms with van der Waals surface area (Å²) in [6, 6.07) is 2.93. The van der Waals surface area contributed by atoms with Gasteiger partial charge >= 0.3 is 0 Å². The number of benzene rings is 1. The number of nitrogens with one attached hydrogen (secondary N) is 1. The maximum Gasteiger partial charge on any atom is 0.291 e. The molecule has 1 aromatic heterocycles. The van der Waals surface area contributed by atoms with E-state index in [-0.39, 0.29) is 17.8 Å². The fraction of sp³-hybridized carbons (Fsp3) is 0.429. The van der Waals surface area contributed by atoms with Crippen LogP contribution in [-0.4, -0.2) is 64.0 Å². The molecule has 8 nitrogen and oxygen atoms in total. The van der Waals surface area contributed by atoms with E-state index in [4.69, 9.17) is 5.73 Å². The van der Waals surface area contributed by atoms with Crippen molar-refractivity contribution in [3.8, 4) is 0 Å². The number of aliphatic imine (C=N–C) groups is 1. The summed E-state index contributed by atoms with van der Waals surface area (Å²) >= 11 is 0. The third kappa shape index (κ3) is 3.95. The average Bonchev–Trinajstić information content (AvgIpc) is 3.42. The van der Waals surface area contributed by atoms with E-state index in [9.17, 15) is 13.6 Å². The first-order valence-corrected chi connectivity index (χ1v) is 10.2. The molecule has 1 fully saturated rings. The largest absolute Gasteiger partial charge is 0.400 e. The first kappa shape index (κ1) is 21.1. The van der Waals surface area contributed by atoms with Gasteiger partial charge in [0.1, 0.15) is 18.0 Å². The van der Waals surface area contributed by atoms with Crippen LogP contribution in [0.2, 0.25) is 0 Å². The van der Waals surface area contributed by atoms with Crippen LogP contribution in [0.1, 0.15) is 42.0 Å². The zero-order chi connectivity index (χ0) is 22.1. The molecule has 2 aliphatic heterocycles. The van der Waals surface area contributed by atoms with Crippen molar-refractivity contribution in [2.75, 3.05) is 26.7 Å². The smallest absolute Gasteiger partial charge is 0.291 e. The van der Waals surface area contributed by atoms with Crippen LogP contribution >= 0.6 is 0 Å². The van der Waals surface area contributed by atoms with Crippen LogP contribution in [0.5, 0.6) is 0 Å². The molecule has 0 spiro atoms. The second-order valence-corrected chi connectivity index (χ2v) is 7.76. The molecule has 0 bridgehead atoms. The van der Waals surface area contributed by atoms with Gasteiger partial charge in [-0.2, -0.15) is 5.10 Å². The lowest BCUT2D eigenvalue weighted by molar-refractivity contribution is 0.0684. The molecule has 31 heavy (non-hydrogen) atoms. The molecule has 0 aliphatic carbocycles. The van der Waals surface area contributed by atoms with Crippen molar-refractivity contribution in [1.82, 2.24) is 25.0 Å².